The minimum Gasteiger partial charge on any atom is -0.383 e. The molecule has 1 aromatic rings. The van der Waals surface area contributed by atoms with E-state index in [-0.39, 0.29) is 18.2 Å². The van der Waals surface area contributed by atoms with Crippen LogP contribution in [0, 0.1) is 0 Å². The lowest BCUT2D eigenvalue weighted by molar-refractivity contribution is -0.00546. The van der Waals surface area contributed by atoms with Crippen molar-refractivity contribution in [2.24, 2.45) is 0 Å². The molecule has 2 N–H and O–H groups in total. The van der Waals surface area contributed by atoms with Crippen LogP contribution in [-0.2, 0) is 16.0 Å². The van der Waals surface area contributed by atoms with Crippen molar-refractivity contribution in [3.05, 3.63) is 23.9 Å². The Hall–Kier alpha value is -1.86. The van der Waals surface area contributed by atoms with Crippen LogP contribution in [0.1, 0.15) is 19.4 Å². The van der Waals surface area contributed by atoms with E-state index in [0.29, 0.717) is 19.7 Å². The first-order valence-corrected chi connectivity index (χ1v) is 7.94. The van der Waals surface area contributed by atoms with E-state index in [1.807, 2.05) is 12.1 Å². The molecule has 1 aliphatic rings. The highest BCUT2D eigenvalue weighted by Gasteiger charge is 2.22. The Morgan fingerprint density at radius 2 is 2.09 bits per heavy atom. The molecule has 2 rings (SSSR count). The van der Waals surface area contributed by atoms with Crippen LogP contribution in [0.5, 0.6) is 0 Å². The number of aromatic nitrogens is 1. The lowest BCUT2D eigenvalue weighted by Gasteiger charge is -2.36. The van der Waals surface area contributed by atoms with Gasteiger partial charge in [0, 0.05) is 39.5 Å². The third-order valence-corrected chi connectivity index (χ3v) is 3.60. The molecule has 0 aromatic carbocycles. The van der Waals surface area contributed by atoms with Gasteiger partial charge in [-0.15, -0.1) is 0 Å². The minimum atomic E-state index is -0.207. The fraction of sp³-hybridized carbons (Fsp3) is 0.625. The van der Waals surface area contributed by atoms with Crippen LogP contribution in [0.2, 0.25) is 0 Å². The second-order valence-electron chi connectivity index (χ2n) is 5.79. The number of anilines is 1. The lowest BCUT2D eigenvalue weighted by Crippen LogP contribution is -2.45. The molecule has 0 bridgehead atoms. The zero-order chi connectivity index (χ0) is 16.7. The third kappa shape index (κ3) is 5.69. The average molecular weight is 322 g/mol. The van der Waals surface area contributed by atoms with Crippen molar-refractivity contribution in [1.29, 1.82) is 0 Å². The number of urea groups is 1. The Kier molecular flexibility index (Phi) is 6.61. The summed E-state index contributed by atoms with van der Waals surface area (Å²) in [6.07, 6.45) is 2.21. The molecule has 128 valence electrons. The predicted octanol–water partition coefficient (Wildman–Crippen LogP) is 1.14. The number of nitrogens with one attached hydrogen (secondary N) is 2. The number of methoxy groups -OCH3 is 1. The van der Waals surface area contributed by atoms with Gasteiger partial charge in [-0.05, 0) is 25.5 Å². The highest BCUT2D eigenvalue weighted by molar-refractivity contribution is 5.73. The number of carbonyl (C=O) groups excluding carboxylic acids is 1. The summed E-state index contributed by atoms with van der Waals surface area (Å²) in [6, 6.07) is 3.77. The van der Waals surface area contributed by atoms with Crippen LogP contribution in [0.25, 0.3) is 0 Å². The number of nitrogens with zero attached hydrogens (tertiary/aromatic N) is 2. The maximum atomic E-state index is 11.6. The summed E-state index contributed by atoms with van der Waals surface area (Å²) in [5.74, 6) is 0.945. The first-order chi connectivity index (χ1) is 11.1. The Morgan fingerprint density at radius 1 is 1.35 bits per heavy atom. The molecule has 1 fully saturated rings. The lowest BCUT2D eigenvalue weighted by atomic mass is 10.2. The second-order valence-corrected chi connectivity index (χ2v) is 5.79. The molecule has 1 aliphatic heterocycles. The molecule has 0 spiro atoms. The smallest absolute Gasteiger partial charge is 0.315 e. The van der Waals surface area contributed by atoms with Crippen molar-refractivity contribution in [2.45, 2.75) is 32.6 Å². The summed E-state index contributed by atoms with van der Waals surface area (Å²) in [6.45, 7) is 7.27. The standard InChI is InChI=1S/C16H26N4O3/c1-12-10-20(11-13(2)23-12)15-5-4-14(8-18-15)9-19-16(21)17-6-7-22-3/h4-5,8,12-13H,6-7,9-11H2,1-3H3,(H2,17,19,21)/t12-,13+. The van der Waals surface area contributed by atoms with Crippen LogP contribution in [-0.4, -0.2) is 56.6 Å². The molecule has 7 nitrogen and oxygen atoms in total. The maximum absolute atomic E-state index is 11.6. The molecule has 2 amide bonds. The third-order valence-electron chi connectivity index (χ3n) is 3.60. The maximum Gasteiger partial charge on any atom is 0.315 e. The summed E-state index contributed by atoms with van der Waals surface area (Å²) in [5.41, 5.74) is 0.963. The van der Waals surface area contributed by atoms with E-state index in [1.54, 1.807) is 13.3 Å². The van der Waals surface area contributed by atoms with Gasteiger partial charge in [0.15, 0.2) is 0 Å². The SMILES string of the molecule is COCCNC(=O)NCc1ccc(N2C[C@@H](C)O[C@@H](C)C2)nc1. The normalized spacial score (nSPS) is 21.1. The molecule has 0 unspecified atom stereocenters. The monoisotopic (exact) mass is 322 g/mol. The summed E-state index contributed by atoms with van der Waals surface area (Å²) >= 11 is 0. The molecule has 23 heavy (non-hydrogen) atoms. The summed E-state index contributed by atoms with van der Waals surface area (Å²) in [7, 11) is 1.60. The average Bonchev–Trinajstić information content (AvgIpc) is 2.53. The highest BCUT2D eigenvalue weighted by Crippen LogP contribution is 2.18. The predicted molar refractivity (Wildman–Crippen MR) is 88.6 cm³/mol. The van der Waals surface area contributed by atoms with Crippen molar-refractivity contribution in [3.63, 3.8) is 0 Å². The largest absolute Gasteiger partial charge is 0.383 e. The van der Waals surface area contributed by atoms with Gasteiger partial charge in [-0.3, -0.25) is 0 Å². The number of carbonyl (C=O) groups is 1. The molecule has 0 radical (unpaired) electrons. The molecular formula is C16H26N4O3. The van der Waals surface area contributed by atoms with Crippen molar-refractivity contribution < 1.29 is 14.3 Å². The summed E-state index contributed by atoms with van der Waals surface area (Å²) < 4.78 is 10.6. The van der Waals surface area contributed by atoms with Gasteiger partial charge in [0.25, 0.3) is 0 Å². The van der Waals surface area contributed by atoms with Gasteiger partial charge in [0.1, 0.15) is 5.82 Å². The molecule has 1 aromatic heterocycles. The zero-order valence-electron chi connectivity index (χ0n) is 14.0. The summed E-state index contributed by atoms with van der Waals surface area (Å²) in [5, 5.41) is 5.50. The molecule has 7 heteroatoms. The van der Waals surface area contributed by atoms with Gasteiger partial charge >= 0.3 is 6.03 Å². The fourth-order valence-corrected chi connectivity index (χ4v) is 2.58. The molecule has 2 heterocycles. The van der Waals surface area contributed by atoms with Crippen LogP contribution in [0.15, 0.2) is 18.3 Å². The van der Waals surface area contributed by atoms with E-state index in [2.05, 4.69) is 34.4 Å². The van der Waals surface area contributed by atoms with Gasteiger partial charge in [0.05, 0.1) is 18.8 Å². The van der Waals surface area contributed by atoms with E-state index >= 15 is 0 Å². The Labute approximate surface area is 137 Å². The molecule has 2 atom stereocenters. The van der Waals surface area contributed by atoms with E-state index < -0.39 is 0 Å². The number of rotatable bonds is 6. The number of hydrogen-bond acceptors (Lipinski definition) is 5. The fourth-order valence-electron chi connectivity index (χ4n) is 2.58. The number of hydrogen-bond donors (Lipinski definition) is 2. The Morgan fingerprint density at radius 3 is 2.70 bits per heavy atom. The first kappa shape index (κ1) is 17.5. The van der Waals surface area contributed by atoms with Gasteiger partial charge in [-0.1, -0.05) is 6.07 Å². The van der Waals surface area contributed by atoms with E-state index in [4.69, 9.17) is 9.47 Å². The molecular weight excluding hydrogens is 296 g/mol. The Balaban J connectivity index is 1.81. The van der Waals surface area contributed by atoms with E-state index in [0.717, 1.165) is 24.5 Å². The second kappa shape index (κ2) is 8.69. The van der Waals surface area contributed by atoms with Crippen molar-refractivity contribution in [3.8, 4) is 0 Å². The van der Waals surface area contributed by atoms with Gasteiger partial charge in [-0.25, -0.2) is 9.78 Å². The quantitative estimate of drug-likeness (QED) is 0.768. The zero-order valence-corrected chi connectivity index (χ0v) is 14.0. The highest BCUT2D eigenvalue weighted by atomic mass is 16.5. The van der Waals surface area contributed by atoms with Crippen LogP contribution < -0.4 is 15.5 Å². The minimum absolute atomic E-state index is 0.206. The van der Waals surface area contributed by atoms with Crippen molar-refractivity contribution in [1.82, 2.24) is 15.6 Å². The topological polar surface area (TPSA) is 75.7 Å². The molecule has 0 saturated carbocycles. The van der Waals surface area contributed by atoms with Crippen LogP contribution >= 0.6 is 0 Å². The Bertz CT molecular complexity index is 485. The molecule has 1 saturated heterocycles. The van der Waals surface area contributed by atoms with Crippen molar-refractivity contribution in [2.75, 3.05) is 38.3 Å². The molecule has 0 aliphatic carbocycles. The summed E-state index contributed by atoms with van der Waals surface area (Å²) in [4.78, 5) is 18.3. The van der Waals surface area contributed by atoms with Crippen LogP contribution in [0.3, 0.4) is 0 Å². The van der Waals surface area contributed by atoms with Crippen LogP contribution in [0.4, 0.5) is 10.6 Å². The number of amides is 2. The van der Waals surface area contributed by atoms with Gasteiger partial charge in [0.2, 0.25) is 0 Å². The van der Waals surface area contributed by atoms with Gasteiger partial charge < -0.3 is 25.0 Å². The van der Waals surface area contributed by atoms with Crippen molar-refractivity contribution >= 4 is 11.8 Å². The van der Waals surface area contributed by atoms with E-state index in [9.17, 15) is 4.79 Å². The number of ether oxygens (including phenoxy) is 2. The van der Waals surface area contributed by atoms with Gasteiger partial charge in [-0.2, -0.15) is 0 Å². The van der Waals surface area contributed by atoms with E-state index in [1.165, 1.54) is 0 Å². The number of morpholine rings is 1. The first-order valence-electron chi connectivity index (χ1n) is 7.94. The number of pyridine rings is 1.